The van der Waals surface area contributed by atoms with Gasteiger partial charge in [-0.05, 0) is 29.0 Å². The van der Waals surface area contributed by atoms with Gasteiger partial charge in [-0.15, -0.1) is 11.3 Å². The SMILES string of the molecule is c1ccc(-c2nc3ccccc3n2-c2c(-c3cccc4ccccc34)sc3ccccc23)cc1. The average molecular weight is 453 g/mol. The van der Waals surface area contributed by atoms with Crippen LogP contribution in [0.4, 0.5) is 0 Å². The zero-order valence-corrected chi connectivity index (χ0v) is 19.2. The van der Waals surface area contributed by atoms with Crippen LogP contribution in [-0.4, -0.2) is 9.55 Å². The topological polar surface area (TPSA) is 17.8 Å². The van der Waals surface area contributed by atoms with Gasteiger partial charge in [-0.25, -0.2) is 4.98 Å². The van der Waals surface area contributed by atoms with Crippen LogP contribution in [0.15, 0.2) is 121 Å². The first-order valence-corrected chi connectivity index (χ1v) is 12.2. The molecule has 0 N–H and O–H groups in total. The van der Waals surface area contributed by atoms with Crippen molar-refractivity contribution in [2.24, 2.45) is 0 Å². The van der Waals surface area contributed by atoms with Crippen molar-refractivity contribution < 1.29 is 0 Å². The van der Waals surface area contributed by atoms with Crippen molar-refractivity contribution in [2.75, 3.05) is 0 Å². The molecule has 2 heterocycles. The molecule has 0 aliphatic rings. The molecule has 0 saturated heterocycles. The third-order valence-electron chi connectivity index (χ3n) is 6.42. The number of aromatic nitrogens is 2. The maximum atomic E-state index is 5.11. The normalized spacial score (nSPS) is 11.5. The lowest BCUT2D eigenvalue weighted by molar-refractivity contribution is 1.12. The van der Waals surface area contributed by atoms with Crippen molar-refractivity contribution in [2.45, 2.75) is 0 Å². The van der Waals surface area contributed by atoms with E-state index in [4.69, 9.17) is 4.98 Å². The van der Waals surface area contributed by atoms with Crippen molar-refractivity contribution in [3.05, 3.63) is 121 Å². The van der Waals surface area contributed by atoms with E-state index in [1.165, 1.54) is 37.0 Å². The van der Waals surface area contributed by atoms with Crippen LogP contribution in [0.3, 0.4) is 0 Å². The Morgan fingerprint density at radius 2 is 1.29 bits per heavy atom. The number of rotatable bonds is 3. The maximum absolute atomic E-state index is 5.11. The Morgan fingerprint density at radius 1 is 0.588 bits per heavy atom. The summed E-state index contributed by atoms with van der Waals surface area (Å²) in [4.78, 5) is 6.37. The molecule has 0 bridgehead atoms. The number of fused-ring (bicyclic) bond motifs is 3. The molecule has 34 heavy (non-hydrogen) atoms. The molecule has 0 aliphatic heterocycles. The molecule has 0 unspecified atom stereocenters. The van der Waals surface area contributed by atoms with Gasteiger partial charge < -0.3 is 0 Å². The minimum absolute atomic E-state index is 0.965. The van der Waals surface area contributed by atoms with E-state index < -0.39 is 0 Å². The fourth-order valence-corrected chi connectivity index (χ4v) is 6.12. The minimum atomic E-state index is 0.965. The molecule has 0 amide bonds. The van der Waals surface area contributed by atoms with Crippen LogP contribution >= 0.6 is 11.3 Å². The van der Waals surface area contributed by atoms with E-state index in [1.807, 2.05) is 11.3 Å². The summed E-state index contributed by atoms with van der Waals surface area (Å²) in [6.07, 6.45) is 0. The smallest absolute Gasteiger partial charge is 0.145 e. The lowest BCUT2D eigenvalue weighted by atomic mass is 10.0. The Morgan fingerprint density at radius 3 is 2.21 bits per heavy atom. The Balaban J connectivity index is 1.65. The second-order valence-electron chi connectivity index (χ2n) is 8.43. The lowest BCUT2D eigenvalue weighted by Crippen LogP contribution is -1.98. The highest BCUT2D eigenvalue weighted by Crippen LogP contribution is 2.45. The van der Waals surface area contributed by atoms with E-state index in [2.05, 4.69) is 126 Å². The largest absolute Gasteiger partial charge is 0.290 e. The van der Waals surface area contributed by atoms with E-state index in [1.54, 1.807) is 0 Å². The summed E-state index contributed by atoms with van der Waals surface area (Å²) in [6.45, 7) is 0. The summed E-state index contributed by atoms with van der Waals surface area (Å²) in [5, 5.41) is 3.77. The van der Waals surface area contributed by atoms with E-state index in [0.717, 1.165) is 22.4 Å². The molecule has 0 fully saturated rings. The molecular weight excluding hydrogens is 432 g/mol. The third-order valence-corrected chi connectivity index (χ3v) is 7.61. The summed E-state index contributed by atoms with van der Waals surface area (Å²) in [5.74, 6) is 0.965. The molecule has 5 aromatic carbocycles. The molecule has 3 heteroatoms. The van der Waals surface area contributed by atoms with Crippen LogP contribution in [0, 0.1) is 0 Å². The molecule has 0 saturated carbocycles. The molecule has 0 aliphatic carbocycles. The fraction of sp³-hybridized carbons (Fsp3) is 0. The first kappa shape index (κ1) is 19.3. The Labute approximate surface area is 201 Å². The van der Waals surface area contributed by atoms with Gasteiger partial charge in [-0.1, -0.05) is 103 Å². The molecule has 0 radical (unpaired) electrons. The number of para-hydroxylation sites is 2. The van der Waals surface area contributed by atoms with Gasteiger partial charge in [0.05, 0.1) is 21.6 Å². The zero-order valence-electron chi connectivity index (χ0n) is 18.3. The van der Waals surface area contributed by atoms with Gasteiger partial charge in [0, 0.05) is 21.2 Å². The zero-order chi connectivity index (χ0) is 22.5. The van der Waals surface area contributed by atoms with E-state index in [0.29, 0.717) is 0 Å². The van der Waals surface area contributed by atoms with Crippen molar-refractivity contribution in [1.29, 1.82) is 0 Å². The highest BCUT2D eigenvalue weighted by molar-refractivity contribution is 7.23. The van der Waals surface area contributed by atoms with Crippen molar-refractivity contribution in [3.63, 3.8) is 0 Å². The average Bonchev–Trinajstić information content (AvgIpc) is 3.47. The Hall–Kier alpha value is -4.21. The van der Waals surface area contributed by atoms with Crippen molar-refractivity contribution in [1.82, 2.24) is 9.55 Å². The number of hydrogen-bond acceptors (Lipinski definition) is 2. The molecular formula is C31H20N2S. The minimum Gasteiger partial charge on any atom is -0.290 e. The van der Waals surface area contributed by atoms with E-state index >= 15 is 0 Å². The van der Waals surface area contributed by atoms with Gasteiger partial charge in [0.2, 0.25) is 0 Å². The predicted octanol–water partition coefficient (Wildman–Crippen LogP) is 8.73. The molecule has 0 atom stereocenters. The summed E-state index contributed by atoms with van der Waals surface area (Å²) in [7, 11) is 0. The number of hydrogen-bond donors (Lipinski definition) is 0. The first-order chi connectivity index (χ1) is 16.9. The molecule has 160 valence electrons. The van der Waals surface area contributed by atoms with Crippen LogP contribution in [0.1, 0.15) is 0 Å². The molecule has 7 rings (SSSR count). The predicted molar refractivity (Wildman–Crippen MR) is 145 cm³/mol. The first-order valence-electron chi connectivity index (χ1n) is 11.4. The maximum Gasteiger partial charge on any atom is 0.145 e. The fourth-order valence-electron chi connectivity index (χ4n) is 4.89. The van der Waals surface area contributed by atoms with Gasteiger partial charge in [-0.2, -0.15) is 0 Å². The summed E-state index contributed by atoms with van der Waals surface area (Å²) in [6, 6.07) is 42.9. The number of nitrogens with zero attached hydrogens (tertiary/aromatic N) is 2. The second-order valence-corrected chi connectivity index (χ2v) is 9.48. The number of thiophene rings is 1. The molecule has 2 nitrogen and oxygen atoms in total. The van der Waals surface area contributed by atoms with Crippen LogP contribution in [0.25, 0.3) is 59.4 Å². The Bertz CT molecular complexity index is 1800. The summed E-state index contributed by atoms with van der Waals surface area (Å²) in [5.41, 5.74) is 5.68. The second kappa shape index (κ2) is 7.68. The molecule has 7 aromatic rings. The Kier molecular flexibility index (Phi) is 4.36. The van der Waals surface area contributed by atoms with Gasteiger partial charge in [0.1, 0.15) is 5.82 Å². The van der Waals surface area contributed by atoms with E-state index in [9.17, 15) is 0 Å². The highest BCUT2D eigenvalue weighted by Gasteiger charge is 2.22. The molecule has 0 spiro atoms. The number of imidazole rings is 1. The molecule has 2 aromatic heterocycles. The standard InChI is InChI=1S/C31H20N2S/c1-2-12-22(13-3-1)31-32-26-18-7-8-19-27(26)33(31)29-25-16-6-9-20-28(25)34-30(29)24-17-10-14-21-11-4-5-15-23(21)24/h1-20H. The van der Waals surface area contributed by atoms with Gasteiger partial charge in [0.25, 0.3) is 0 Å². The van der Waals surface area contributed by atoms with Gasteiger partial charge in [-0.3, -0.25) is 4.57 Å². The summed E-state index contributed by atoms with van der Waals surface area (Å²) < 4.78 is 3.64. The van der Waals surface area contributed by atoms with Crippen molar-refractivity contribution in [3.8, 4) is 27.5 Å². The van der Waals surface area contributed by atoms with Gasteiger partial charge >= 0.3 is 0 Å². The van der Waals surface area contributed by atoms with Crippen LogP contribution in [-0.2, 0) is 0 Å². The summed E-state index contributed by atoms with van der Waals surface area (Å²) >= 11 is 1.85. The monoisotopic (exact) mass is 452 g/mol. The van der Waals surface area contributed by atoms with E-state index in [-0.39, 0.29) is 0 Å². The van der Waals surface area contributed by atoms with Crippen molar-refractivity contribution >= 4 is 43.2 Å². The number of benzene rings is 5. The lowest BCUT2D eigenvalue weighted by Gasteiger charge is -2.13. The highest BCUT2D eigenvalue weighted by atomic mass is 32.1. The third kappa shape index (κ3) is 2.91. The van der Waals surface area contributed by atoms with Crippen LogP contribution < -0.4 is 0 Å². The van der Waals surface area contributed by atoms with Gasteiger partial charge in [0.15, 0.2) is 0 Å². The van der Waals surface area contributed by atoms with Crippen LogP contribution in [0.2, 0.25) is 0 Å². The quantitative estimate of drug-likeness (QED) is 0.262. The van der Waals surface area contributed by atoms with Crippen LogP contribution in [0.5, 0.6) is 0 Å².